The van der Waals surface area contributed by atoms with E-state index in [1.165, 1.54) is 24.3 Å². The van der Waals surface area contributed by atoms with E-state index in [9.17, 15) is 18.0 Å². The van der Waals surface area contributed by atoms with Gasteiger partial charge in [0.25, 0.3) is 0 Å². The number of anilines is 1. The predicted octanol–water partition coefficient (Wildman–Crippen LogP) is 1.86. The van der Waals surface area contributed by atoms with Gasteiger partial charge in [0.05, 0.1) is 6.26 Å². The van der Waals surface area contributed by atoms with E-state index >= 15 is 0 Å². The Labute approximate surface area is 145 Å². The third-order valence-electron chi connectivity index (χ3n) is 2.97. The molecule has 2 aromatic carbocycles. The zero-order valence-electron chi connectivity index (χ0n) is 13.5. The van der Waals surface area contributed by atoms with Crippen LogP contribution in [0.15, 0.2) is 54.6 Å². The van der Waals surface area contributed by atoms with Crippen LogP contribution in [-0.2, 0) is 19.6 Å². The molecule has 0 aromatic heterocycles. The van der Waals surface area contributed by atoms with Gasteiger partial charge >= 0.3 is 5.97 Å². The van der Waals surface area contributed by atoms with Crippen molar-refractivity contribution < 1.29 is 27.5 Å². The summed E-state index contributed by atoms with van der Waals surface area (Å²) in [5, 5.41) is 0. The zero-order chi connectivity index (χ0) is 18.3. The van der Waals surface area contributed by atoms with Crippen molar-refractivity contribution in [3.8, 4) is 5.75 Å². The number of hydrogen-bond acceptors (Lipinski definition) is 6. The van der Waals surface area contributed by atoms with Crippen molar-refractivity contribution >= 4 is 27.5 Å². The second-order valence-corrected chi connectivity index (χ2v) is 6.89. The number of hydrogen-bond donors (Lipinski definition) is 1. The number of carbonyl (C=O) groups is 2. The molecule has 0 saturated carbocycles. The molecule has 0 unspecified atom stereocenters. The number of esters is 1. The first-order valence-electron chi connectivity index (χ1n) is 7.28. The summed E-state index contributed by atoms with van der Waals surface area (Å²) in [4.78, 5) is 23.6. The van der Waals surface area contributed by atoms with Crippen LogP contribution >= 0.6 is 0 Å². The van der Waals surface area contributed by atoms with Crippen LogP contribution in [0.3, 0.4) is 0 Å². The Morgan fingerprint density at radius 2 is 1.60 bits per heavy atom. The van der Waals surface area contributed by atoms with Crippen LogP contribution in [0.1, 0.15) is 10.4 Å². The summed E-state index contributed by atoms with van der Waals surface area (Å²) >= 11 is 0. The number of Topliss-reactive ketones (excluding diaryl/α,β-unsaturated/α-hetero) is 1. The smallest absolute Gasteiger partial charge is 0.344 e. The summed E-state index contributed by atoms with van der Waals surface area (Å²) in [6, 6.07) is 14.6. The Morgan fingerprint density at radius 3 is 2.20 bits per heavy atom. The number of rotatable bonds is 8. The van der Waals surface area contributed by atoms with Crippen molar-refractivity contribution in [3.05, 3.63) is 60.2 Å². The molecular formula is C17H17NO6S. The summed E-state index contributed by atoms with van der Waals surface area (Å²) in [6.45, 7) is -0.718. The molecule has 0 aliphatic rings. The van der Waals surface area contributed by atoms with Crippen molar-refractivity contribution in [3.63, 3.8) is 0 Å². The molecule has 0 saturated heterocycles. The van der Waals surface area contributed by atoms with Crippen LogP contribution in [0.4, 0.5) is 5.69 Å². The summed E-state index contributed by atoms with van der Waals surface area (Å²) in [5.74, 6) is -0.536. The summed E-state index contributed by atoms with van der Waals surface area (Å²) < 4.78 is 34.6. The van der Waals surface area contributed by atoms with Crippen molar-refractivity contribution in [2.24, 2.45) is 0 Å². The average molecular weight is 363 g/mol. The molecule has 8 heteroatoms. The maximum atomic E-state index is 12.0. The SMILES string of the molecule is CS(=O)(=O)Nc1ccc(C(=O)COC(=O)COc2ccccc2)cc1. The van der Waals surface area contributed by atoms with Crippen LogP contribution in [0.25, 0.3) is 0 Å². The minimum absolute atomic E-state index is 0.297. The number of ether oxygens (including phenoxy) is 2. The molecule has 0 radical (unpaired) electrons. The van der Waals surface area contributed by atoms with Crippen LogP contribution in [-0.4, -0.2) is 39.6 Å². The van der Waals surface area contributed by atoms with Gasteiger partial charge in [-0.3, -0.25) is 9.52 Å². The van der Waals surface area contributed by atoms with Crippen LogP contribution in [0.2, 0.25) is 0 Å². The first-order chi connectivity index (χ1) is 11.8. The second-order valence-electron chi connectivity index (χ2n) is 5.14. The van der Waals surface area contributed by atoms with Crippen molar-refractivity contribution in [1.29, 1.82) is 0 Å². The molecule has 25 heavy (non-hydrogen) atoms. The fourth-order valence-electron chi connectivity index (χ4n) is 1.87. The van der Waals surface area contributed by atoms with E-state index in [-0.39, 0.29) is 6.61 Å². The lowest BCUT2D eigenvalue weighted by Crippen LogP contribution is -2.19. The highest BCUT2D eigenvalue weighted by atomic mass is 32.2. The Balaban J connectivity index is 1.80. The number of sulfonamides is 1. The number of benzene rings is 2. The van der Waals surface area contributed by atoms with Gasteiger partial charge in [0.1, 0.15) is 5.75 Å². The molecule has 2 rings (SSSR count). The van der Waals surface area contributed by atoms with Gasteiger partial charge in [-0.15, -0.1) is 0 Å². The summed E-state index contributed by atoms with van der Waals surface area (Å²) in [6.07, 6.45) is 1.03. The highest BCUT2D eigenvalue weighted by molar-refractivity contribution is 7.92. The molecule has 0 aliphatic carbocycles. The first-order valence-corrected chi connectivity index (χ1v) is 9.17. The maximum absolute atomic E-state index is 12.0. The topological polar surface area (TPSA) is 98.8 Å². The molecule has 0 aliphatic heterocycles. The molecule has 0 atom stereocenters. The standard InChI is InChI=1S/C17H17NO6S/c1-25(21,22)18-14-9-7-13(8-10-14)16(19)11-24-17(20)12-23-15-5-3-2-4-6-15/h2-10,18H,11-12H2,1H3. The third-order valence-corrected chi connectivity index (χ3v) is 3.58. The fourth-order valence-corrected chi connectivity index (χ4v) is 2.43. The van der Waals surface area contributed by atoms with E-state index in [0.717, 1.165) is 6.26 Å². The van der Waals surface area contributed by atoms with Crippen LogP contribution in [0.5, 0.6) is 5.75 Å². The first kappa shape index (κ1) is 18.5. The predicted molar refractivity (Wildman–Crippen MR) is 92.1 cm³/mol. The van der Waals surface area contributed by atoms with Gasteiger partial charge in [-0.05, 0) is 36.4 Å². The molecule has 0 spiro atoms. The van der Waals surface area contributed by atoms with E-state index in [4.69, 9.17) is 9.47 Å². The lowest BCUT2D eigenvalue weighted by atomic mass is 10.1. The largest absolute Gasteiger partial charge is 0.482 e. The number of nitrogens with one attached hydrogen (secondary N) is 1. The van der Waals surface area contributed by atoms with Gasteiger partial charge < -0.3 is 9.47 Å². The molecule has 0 bridgehead atoms. The Morgan fingerprint density at radius 1 is 0.960 bits per heavy atom. The minimum Gasteiger partial charge on any atom is -0.482 e. The summed E-state index contributed by atoms with van der Waals surface area (Å²) in [5.41, 5.74) is 0.642. The molecular weight excluding hydrogens is 346 g/mol. The average Bonchev–Trinajstić information content (AvgIpc) is 2.58. The monoisotopic (exact) mass is 363 g/mol. The lowest BCUT2D eigenvalue weighted by Gasteiger charge is -2.07. The molecule has 2 aromatic rings. The Kier molecular flexibility index (Phi) is 6.13. The van der Waals surface area contributed by atoms with Crippen molar-refractivity contribution in [1.82, 2.24) is 0 Å². The number of carbonyl (C=O) groups excluding carboxylic acids is 2. The zero-order valence-corrected chi connectivity index (χ0v) is 14.3. The van der Waals surface area contributed by atoms with Crippen molar-refractivity contribution in [2.45, 2.75) is 0 Å². The van der Waals surface area contributed by atoms with Crippen molar-refractivity contribution in [2.75, 3.05) is 24.2 Å². The minimum atomic E-state index is -3.38. The Hall–Kier alpha value is -2.87. The van der Waals surface area contributed by atoms with Crippen LogP contribution < -0.4 is 9.46 Å². The maximum Gasteiger partial charge on any atom is 0.344 e. The number of ketones is 1. The molecule has 0 fully saturated rings. The molecule has 1 N–H and O–H groups in total. The van der Waals surface area contributed by atoms with E-state index in [1.807, 2.05) is 6.07 Å². The van der Waals surface area contributed by atoms with Gasteiger partial charge in [0, 0.05) is 11.3 Å². The highest BCUT2D eigenvalue weighted by Gasteiger charge is 2.11. The van der Waals surface area contributed by atoms with E-state index in [0.29, 0.717) is 17.0 Å². The van der Waals surface area contributed by atoms with E-state index < -0.39 is 28.4 Å². The van der Waals surface area contributed by atoms with Gasteiger partial charge in [-0.1, -0.05) is 18.2 Å². The molecule has 0 heterocycles. The Bertz CT molecular complexity index is 831. The quantitative estimate of drug-likeness (QED) is 0.568. The highest BCUT2D eigenvalue weighted by Crippen LogP contribution is 2.12. The van der Waals surface area contributed by atoms with Gasteiger partial charge in [-0.25, -0.2) is 13.2 Å². The van der Waals surface area contributed by atoms with E-state index in [2.05, 4.69) is 4.72 Å². The molecule has 0 amide bonds. The molecule has 7 nitrogen and oxygen atoms in total. The second kappa shape index (κ2) is 8.29. The summed E-state index contributed by atoms with van der Waals surface area (Å²) in [7, 11) is -3.38. The lowest BCUT2D eigenvalue weighted by molar-refractivity contribution is -0.144. The van der Waals surface area contributed by atoms with Crippen LogP contribution in [0, 0.1) is 0 Å². The van der Waals surface area contributed by atoms with E-state index in [1.54, 1.807) is 24.3 Å². The van der Waals surface area contributed by atoms with Gasteiger partial charge in [0.2, 0.25) is 10.0 Å². The third kappa shape index (κ3) is 6.64. The normalized spacial score (nSPS) is 10.8. The molecule has 132 valence electrons. The fraction of sp³-hybridized carbons (Fsp3) is 0.176. The van der Waals surface area contributed by atoms with Gasteiger partial charge in [-0.2, -0.15) is 0 Å². The number of para-hydroxylation sites is 1. The van der Waals surface area contributed by atoms with Gasteiger partial charge in [0.15, 0.2) is 19.0 Å².